The van der Waals surface area contributed by atoms with Gasteiger partial charge < -0.3 is 14.2 Å². The Morgan fingerprint density at radius 1 is 1.19 bits per heavy atom. The van der Waals surface area contributed by atoms with Gasteiger partial charge in [-0.25, -0.2) is 9.37 Å². The number of halogens is 3. The van der Waals surface area contributed by atoms with E-state index < -0.39 is 0 Å². The fourth-order valence-corrected chi connectivity index (χ4v) is 3.89. The van der Waals surface area contributed by atoms with Gasteiger partial charge in [0.1, 0.15) is 11.3 Å². The van der Waals surface area contributed by atoms with Gasteiger partial charge in [-0.05, 0) is 23.8 Å². The number of fused-ring (bicyclic) bond motifs is 1. The van der Waals surface area contributed by atoms with Gasteiger partial charge >= 0.3 is 0 Å². The fraction of sp³-hybridized carbons (Fsp3) is 0.350. The van der Waals surface area contributed by atoms with Gasteiger partial charge in [0.25, 0.3) is 0 Å². The number of hydrogen-bond acceptors (Lipinski definition) is 3. The molecule has 0 radical (unpaired) electrons. The predicted molar refractivity (Wildman–Crippen MR) is 108 cm³/mol. The summed E-state index contributed by atoms with van der Waals surface area (Å²) in [6, 6.07) is 9.14. The van der Waals surface area contributed by atoms with Crippen LogP contribution in [0.15, 0.2) is 30.3 Å². The van der Waals surface area contributed by atoms with E-state index in [-0.39, 0.29) is 5.82 Å². The lowest BCUT2D eigenvalue weighted by atomic mass is 10.2. The van der Waals surface area contributed by atoms with Crippen LogP contribution in [-0.2, 0) is 17.7 Å². The summed E-state index contributed by atoms with van der Waals surface area (Å²) >= 11 is 12.5. The van der Waals surface area contributed by atoms with Gasteiger partial charge in [-0.1, -0.05) is 42.3 Å². The summed E-state index contributed by atoms with van der Waals surface area (Å²) in [4.78, 5) is 6.67. The Bertz CT molecular complexity index is 983. The molecule has 1 aromatic heterocycles. The summed E-state index contributed by atoms with van der Waals surface area (Å²) in [5.74, 6) is 0.513. The zero-order valence-electron chi connectivity index (χ0n) is 15.0. The first-order chi connectivity index (χ1) is 13.1. The quantitative estimate of drug-likeness (QED) is 0.613. The molecule has 2 heterocycles. The van der Waals surface area contributed by atoms with Crippen molar-refractivity contribution in [2.24, 2.45) is 0 Å². The standard InChI is InChI=1S/C20H20Cl2FN3O/c1-2-18-24-20-16(23)10-14(25-6-8-27-9-7-25)11-17(20)26(18)12-13-4-3-5-15(21)19(13)22/h3-5,10-11H,2,6-9,12H2,1H3. The van der Waals surface area contributed by atoms with Crippen LogP contribution in [0.5, 0.6) is 0 Å². The number of aromatic nitrogens is 2. The number of ether oxygens (including phenoxy) is 1. The number of imidazole rings is 1. The van der Waals surface area contributed by atoms with Crippen molar-refractivity contribution in [2.45, 2.75) is 19.9 Å². The molecule has 4 rings (SSSR count). The van der Waals surface area contributed by atoms with E-state index in [1.807, 2.05) is 29.7 Å². The summed E-state index contributed by atoms with van der Waals surface area (Å²) in [7, 11) is 0. The third-order valence-electron chi connectivity index (χ3n) is 4.92. The number of aryl methyl sites for hydroxylation is 1. The number of hydrogen-bond donors (Lipinski definition) is 0. The van der Waals surface area contributed by atoms with E-state index in [0.717, 1.165) is 35.7 Å². The molecule has 0 aliphatic carbocycles. The maximum absolute atomic E-state index is 14.8. The number of benzene rings is 2. The smallest absolute Gasteiger partial charge is 0.153 e. The van der Waals surface area contributed by atoms with Crippen molar-refractivity contribution in [1.29, 1.82) is 0 Å². The van der Waals surface area contributed by atoms with E-state index in [1.165, 1.54) is 0 Å². The molecule has 0 bridgehead atoms. The molecule has 7 heteroatoms. The second kappa shape index (κ2) is 7.66. The molecule has 1 saturated heterocycles. The number of morpholine rings is 1. The molecule has 2 aromatic carbocycles. The number of nitrogens with zero attached hydrogens (tertiary/aromatic N) is 3. The molecule has 0 N–H and O–H groups in total. The van der Waals surface area contributed by atoms with Crippen molar-refractivity contribution in [3.05, 3.63) is 57.6 Å². The lowest BCUT2D eigenvalue weighted by molar-refractivity contribution is 0.122. The van der Waals surface area contributed by atoms with Crippen molar-refractivity contribution in [1.82, 2.24) is 9.55 Å². The van der Waals surface area contributed by atoms with Crippen molar-refractivity contribution in [3.63, 3.8) is 0 Å². The number of anilines is 1. The van der Waals surface area contributed by atoms with Crippen LogP contribution in [0.4, 0.5) is 10.1 Å². The Balaban J connectivity index is 1.82. The lowest BCUT2D eigenvalue weighted by Crippen LogP contribution is -2.36. The van der Waals surface area contributed by atoms with Gasteiger partial charge in [-0.2, -0.15) is 0 Å². The van der Waals surface area contributed by atoms with Crippen molar-refractivity contribution < 1.29 is 9.13 Å². The van der Waals surface area contributed by atoms with E-state index >= 15 is 0 Å². The molecule has 3 aromatic rings. The highest BCUT2D eigenvalue weighted by Crippen LogP contribution is 2.30. The van der Waals surface area contributed by atoms with Gasteiger partial charge in [-0.15, -0.1) is 0 Å². The Labute approximate surface area is 167 Å². The van der Waals surface area contributed by atoms with Crippen molar-refractivity contribution in [3.8, 4) is 0 Å². The molecule has 0 amide bonds. The normalized spacial score (nSPS) is 14.9. The van der Waals surface area contributed by atoms with Gasteiger partial charge in [0, 0.05) is 25.2 Å². The van der Waals surface area contributed by atoms with E-state index in [9.17, 15) is 4.39 Å². The first kappa shape index (κ1) is 18.5. The highest BCUT2D eigenvalue weighted by atomic mass is 35.5. The number of rotatable bonds is 4. The topological polar surface area (TPSA) is 30.3 Å². The summed E-state index contributed by atoms with van der Waals surface area (Å²) in [5, 5.41) is 1.03. The zero-order valence-corrected chi connectivity index (χ0v) is 16.5. The summed E-state index contributed by atoms with van der Waals surface area (Å²) in [6.07, 6.45) is 0.694. The highest BCUT2D eigenvalue weighted by Gasteiger charge is 2.19. The third-order valence-corrected chi connectivity index (χ3v) is 5.78. The molecule has 0 atom stereocenters. The molecule has 0 unspecified atom stereocenters. The molecule has 27 heavy (non-hydrogen) atoms. The monoisotopic (exact) mass is 407 g/mol. The summed E-state index contributed by atoms with van der Waals surface area (Å²) in [6.45, 7) is 5.30. The van der Waals surface area contributed by atoms with E-state index in [1.54, 1.807) is 12.1 Å². The van der Waals surface area contributed by atoms with Gasteiger partial charge in [0.2, 0.25) is 0 Å². The van der Waals surface area contributed by atoms with Crippen LogP contribution < -0.4 is 4.90 Å². The average Bonchev–Trinajstić information content (AvgIpc) is 3.04. The molecular weight excluding hydrogens is 388 g/mol. The Morgan fingerprint density at radius 2 is 1.96 bits per heavy atom. The molecule has 142 valence electrons. The van der Waals surface area contributed by atoms with E-state index in [0.29, 0.717) is 41.7 Å². The van der Waals surface area contributed by atoms with E-state index in [2.05, 4.69) is 9.88 Å². The molecule has 0 saturated carbocycles. The maximum atomic E-state index is 14.8. The summed E-state index contributed by atoms with van der Waals surface area (Å²) < 4.78 is 22.3. The minimum Gasteiger partial charge on any atom is -0.378 e. The highest BCUT2D eigenvalue weighted by molar-refractivity contribution is 6.42. The molecule has 1 aliphatic rings. The minimum absolute atomic E-state index is 0.306. The van der Waals surface area contributed by atoms with Crippen molar-refractivity contribution in [2.75, 3.05) is 31.2 Å². The predicted octanol–water partition coefficient (Wildman–Crippen LogP) is 4.93. The van der Waals surface area contributed by atoms with Crippen LogP contribution in [-0.4, -0.2) is 35.9 Å². The second-order valence-corrected chi connectivity index (χ2v) is 7.36. The van der Waals surface area contributed by atoms with Crippen LogP contribution >= 0.6 is 23.2 Å². The van der Waals surface area contributed by atoms with Crippen LogP contribution in [0.25, 0.3) is 11.0 Å². The second-order valence-electron chi connectivity index (χ2n) is 6.58. The van der Waals surface area contributed by atoms with Gasteiger partial charge in [-0.3, -0.25) is 0 Å². The van der Waals surface area contributed by atoms with Crippen LogP contribution in [0.3, 0.4) is 0 Å². The Hall–Kier alpha value is -1.82. The van der Waals surface area contributed by atoms with E-state index in [4.69, 9.17) is 27.9 Å². The maximum Gasteiger partial charge on any atom is 0.153 e. The van der Waals surface area contributed by atoms with Crippen LogP contribution in [0, 0.1) is 5.82 Å². The SMILES string of the molecule is CCc1nc2c(F)cc(N3CCOCC3)cc2n1Cc1cccc(Cl)c1Cl. The Morgan fingerprint density at radius 3 is 2.70 bits per heavy atom. The lowest BCUT2D eigenvalue weighted by Gasteiger charge is -2.29. The molecular formula is C20H20Cl2FN3O. The molecule has 4 nitrogen and oxygen atoms in total. The van der Waals surface area contributed by atoms with Crippen LogP contribution in [0.2, 0.25) is 10.0 Å². The molecule has 1 aliphatic heterocycles. The van der Waals surface area contributed by atoms with Crippen molar-refractivity contribution >= 4 is 39.9 Å². The molecule has 1 fully saturated rings. The van der Waals surface area contributed by atoms with Gasteiger partial charge in [0.05, 0.1) is 35.3 Å². The molecule has 0 spiro atoms. The Kier molecular flexibility index (Phi) is 5.26. The largest absolute Gasteiger partial charge is 0.378 e. The first-order valence-electron chi connectivity index (χ1n) is 9.02. The average molecular weight is 408 g/mol. The minimum atomic E-state index is -0.306. The fourth-order valence-electron chi connectivity index (χ4n) is 3.51. The third kappa shape index (κ3) is 3.51. The summed E-state index contributed by atoms with van der Waals surface area (Å²) in [5.41, 5.74) is 2.89. The first-order valence-corrected chi connectivity index (χ1v) is 9.78. The van der Waals surface area contributed by atoms with Gasteiger partial charge in [0.15, 0.2) is 5.82 Å². The zero-order chi connectivity index (χ0) is 19.0. The van der Waals surface area contributed by atoms with Crippen LogP contribution in [0.1, 0.15) is 18.3 Å².